The van der Waals surface area contributed by atoms with E-state index in [0.29, 0.717) is 0 Å². The number of hydrogen-bond donors (Lipinski definition) is 2. The number of carbonyl (C=O) groups excluding carboxylic acids is 2. The van der Waals surface area contributed by atoms with Crippen molar-refractivity contribution in [3.8, 4) is 11.5 Å². The summed E-state index contributed by atoms with van der Waals surface area (Å²) in [5.41, 5.74) is 0.807. The Bertz CT molecular complexity index is 818. The zero-order chi connectivity index (χ0) is 23.7. The Hall–Kier alpha value is -2.44. The summed E-state index contributed by atoms with van der Waals surface area (Å²) in [5, 5.41) is 18.7. The molecule has 6 heteroatoms. The van der Waals surface area contributed by atoms with E-state index in [9.17, 15) is 14.7 Å². The first-order valence-electron chi connectivity index (χ1n) is 11.5. The minimum absolute atomic E-state index is 0.0600. The second kappa shape index (κ2) is 12.6. The van der Waals surface area contributed by atoms with Gasteiger partial charge in [-0.05, 0) is 62.1 Å². The van der Waals surface area contributed by atoms with Crippen LogP contribution < -0.4 is 9.47 Å². The number of hydrogen-bond acceptors (Lipinski definition) is 6. The van der Waals surface area contributed by atoms with Gasteiger partial charge in [-0.15, -0.1) is 0 Å². The lowest BCUT2D eigenvalue weighted by Crippen LogP contribution is -2.19. The Kier molecular flexibility index (Phi) is 10.1. The molecule has 2 N–H and O–H groups in total. The van der Waals surface area contributed by atoms with E-state index < -0.39 is 24.6 Å². The van der Waals surface area contributed by atoms with E-state index >= 15 is 0 Å². The number of esters is 2. The van der Waals surface area contributed by atoms with Crippen molar-refractivity contribution < 1.29 is 29.3 Å². The number of rotatable bonds is 11. The third-order valence-electron chi connectivity index (χ3n) is 6.10. The lowest BCUT2D eigenvalue weighted by molar-refractivity contribution is -0.131. The van der Waals surface area contributed by atoms with Crippen LogP contribution >= 0.6 is 0 Å². The van der Waals surface area contributed by atoms with Crippen LogP contribution in [0.15, 0.2) is 42.5 Å². The van der Waals surface area contributed by atoms with Crippen LogP contribution in [0.25, 0.3) is 0 Å². The van der Waals surface area contributed by atoms with Crippen LogP contribution in [0.1, 0.15) is 76.7 Å². The molecule has 176 valence electrons. The highest BCUT2D eigenvalue weighted by Crippen LogP contribution is 2.40. The van der Waals surface area contributed by atoms with Gasteiger partial charge in [-0.2, -0.15) is 0 Å². The molecule has 0 radical (unpaired) electrons. The molecule has 2 rings (SSSR count). The van der Waals surface area contributed by atoms with Gasteiger partial charge >= 0.3 is 11.9 Å². The largest absolute Gasteiger partial charge is 0.423 e. The van der Waals surface area contributed by atoms with Crippen LogP contribution in [0.3, 0.4) is 0 Å². The van der Waals surface area contributed by atoms with Crippen molar-refractivity contribution in [3.63, 3.8) is 0 Å². The van der Waals surface area contributed by atoms with Crippen molar-refractivity contribution in [2.45, 2.75) is 77.2 Å². The fraction of sp³-hybridized carbons (Fsp3) is 0.538. The summed E-state index contributed by atoms with van der Waals surface area (Å²) < 4.78 is 10.8. The molecular formula is C26H36O6. The lowest BCUT2D eigenvalue weighted by atomic mass is 9.77. The molecule has 32 heavy (non-hydrogen) atoms. The highest BCUT2D eigenvalue weighted by atomic mass is 16.5. The molecule has 1 aliphatic rings. The smallest absolute Gasteiger partial charge is 0.341 e. The van der Waals surface area contributed by atoms with Gasteiger partial charge < -0.3 is 19.7 Å². The Morgan fingerprint density at radius 3 is 2.16 bits per heavy atom. The second-order valence-electron chi connectivity index (χ2n) is 8.69. The molecule has 0 amide bonds. The van der Waals surface area contributed by atoms with Crippen LogP contribution in [-0.2, 0) is 9.59 Å². The SMILES string of the molecule is C=C(CO)C(=O)Oc1cc(OC(=O)C(=C)C(C)O)cc(C2CCC(CCCCC)CC2)c1. The quantitative estimate of drug-likeness (QED) is 0.220. The summed E-state index contributed by atoms with van der Waals surface area (Å²) in [5.74, 6) is -0.0222. The van der Waals surface area contributed by atoms with Crippen molar-refractivity contribution in [2.24, 2.45) is 5.92 Å². The van der Waals surface area contributed by atoms with E-state index in [4.69, 9.17) is 14.6 Å². The number of benzene rings is 1. The Balaban J connectivity index is 2.18. The van der Waals surface area contributed by atoms with Crippen molar-refractivity contribution in [3.05, 3.63) is 48.1 Å². The highest BCUT2D eigenvalue weighted by molar-refractivity contribution is 5.91. The predicted octanol–water partition coefficient (Wildman–Crippen LogP) is 4.84. The fourth-order valence-corrected chi connectivity index (χ4v) is 4.00. The first-order chi connectivity index (χ1) is 15.2. The summed E-state index contributed by atoms with van der Waals surface area (Å²) in [4.78, 5) is 24.4. The number of aliphatic hydroxyl groups excluding tert-OH is 2. The third kappa shape index (κ3) is 7.61. The van der Waals surface area contributed by atoms with E-state index in [1.807, 2.05) is 0 Å². The van der Waals surface area contributed by atoms with E-state index in [1.165, 1.54) is 38.7 Å². The molecule has 1 fully saturated rings. The number of ether oxygens (including phenoxy) is 2. The summed E-state index contributed by atoms with van der Waals surface area (Å²) >= 11 is 0. The van der Waals surface area contributed by atoms with Gasteiger partial charge in [0.05, 0.1) is 23.9 Å². The van der Waals surface area contributed by atoms with Crippen molar-refractivity contribution in [1.82, 2.24) is 0 Å². The van der Waals surface area contributed by atoms with Gasteiger partial charge in [0.25, 0.3) is 0 Å². The predicted molar refractivity (Wildman–Crippen MR) is 124 cm³/mol. The Morgan fingerprint density at radius 2 is 1.62 bits per heavy atom. The molecule has 0 spiro atoms. The molecular weight excluding hydrogens is 408 g/mol. The van der Waals surface area contributed by atoms with Crippen LogP contribution in [-0.4, -0.2) is 34.9 Å². The van der Waals surface area contributed by atoms with Crippen LogP contribution in [0.4, 0.5) is 0 Å². The molecule has 1 atom stereocenters. The maximum absolute atomic E-state index is 12.3. The molecule has 6 nitrogen and oxygen atoms in total. The molecule has 0 heterocycles. The minimum atomic E-state index is -1.03. The summed E-state index contributed by atoms with van der Waals surface area (Å²) in [6.45, 7) is 10.2. The average molecular weight is 445 g/mol. The molecule has 1 aromatic rings. The Morgan fingerprint density at radius 1 is 1.03 bits per heavy atom. The molecule has 1 aliphatic carbocycles. The minimum Gasteiger partial charge on any atom is -0.423 e. The van der Waals surface area contributed by atoms with Gasteiger partial charge in [0.1, 0.15) is 11.5 Å². The van der Waals surface area contributed by atoms with Crippen molar-refractivity contribution in [1.29, 1.82) is 0 Å². The van der Waals surface area contributed by atoms with E-state index in [1.54, 1.807) is 12.1 Å². The van der Waals surface area contributed by atoms with Crippen LogP contribution in [0.2, 0.25) is 0 Å². The van der Waals surface area contributed by atoms with Crippen molar-refractivity contribution in [2.75, 3.05) is 6.61 Å². The van der Waals surface area contributed by atoms with Crippen LogP contribution in [0, 0.1) is 5.92 Å². The Labute approximate surface area is 190 Å². The number of aliphatic hydroxyl groups is 2. The summed E-state index contributed by atoms with van der Waals surface area (Å²) in [7, 11) is 0. The van der Waals surface area contributed by atoms with Gasteiger partial charge in [0.2, 0.25) is 0 Å². The highest BCUT2D eigenvalue weighted by Gasteiger charge is 2.24. The normalized spacial score (nSPS) is 19.1. The zero-order valence-corrected chi connectivity index (χ0v) is 19.3. The van der Waals surface area contributed by atoms with Gasteiger partial charge in [-0.25, -0.2) is 9.59 Å². The molecule has 0 saturated heterocycles. The van der Waals surface area contributed by atoms with Crippen molar-refractivity contribution >= 4 is 11.9 Å². The fourth-order valence-electron chi connectivity index (χ4n) is 4.00. The van der Waals surface area contributed by atoms with Gasteiger partial charge in [-0.3, -0.25) is 0 Å². The monoisotopic (exact) mass is 444 g/mol. The van der Waals surface area contributed by atoms with E-state index in [0.717, 1.165) is 37.2 Å². The summed E-state index contributed by atoms with van der Waals surface area (Å²) in [6.07, 6.45) is 8.35. The lowest BCUT2D eigenvalue weighted by Gasteiger charge is -2.29. The van der Waals surface area contributed by atoms with Gasteiger partial charge in [0.15, 0.2) is 0 Å². The second-order valence-corrected chi connectivity index (χ2v) is 8.69. The maximum atomic E-state index is 12.3. The molecule has 1 aromatic carbocycles. The van der Waals surface area contributed by atoms with E-state index in [-0.39, 0.29) is 28.6 Å². The number of carbonyl (C=O) groups is 2. The van der Waals surface area contributed by atoms with Crippen LogP contribution in [0.5, 0.6) is 11.5 Å². The molecule has 1 saturated carbocycles. The first kappa shape index (κ1) is 25.8. The molecule has 1 unspecified atom stereocenters. The first-order valence-corrected chi connectivity index (χ1v) is 11.5. The summed E-state index contributed by atoms with van der Waals surface area (Å²) in [6, 6.07) is 5.01. The topological polar surface area (TPSA) is 93.1 Å². The van der Waals surface area contributed by atoms with E-state index in [2.05, 4.69) is 20.1 Å². The molecule has 0 bridgehead atoms. The standard InChI is InChI=1S/C26H36O6/c1-5-6-7-8-20-9-11-21(12-10-20)22-13-23(31-25(29)17(2)16-27)15-24(14-22)32-26(30)18(3)19(4)28/h13-15,19-21,27-28H,2-3,5-12,16H2,1,4H3. The van der Waals surface area contributed by atoms with Gasteiger partial charge in [0, 0.05) is 6.07 Å². The van der Waals surface area contributed by atoms with Gasteiger partial charge in [-0.1, -0.05) is 45.8 Å². The maximum Gasteiger partial charge on any atom is 0.341 e. The average Bonchev–Trinajstić information content (AvgIpc) is 2.78. The third-order valence-corrected chi connectivity index (χ3v) is 6.10. The molecule has 0 aliphatic heterocycles. The number of unbranched alkanes of at least 4 members (excludes halogenated alkanes) is 2. The molecule has 0 aromatic heterocycles. The zero-order valence-electron chi connectivity index (χ0n) is 19.3.